The molecule has 14 heavy (non-hydrogen) atoms. The smallest absolute Gasteiger partial charge is 0.139 e. The summed E-state index contributed by atoms with van der Waals surface area (Å²) in [6, 6.07) is 9.62. The molecule has 0 saturated carbocycles. The van der Waals surface area contributed by atoms with Gasteiger partial charge in [-0.1, -0.05) is 35.5 Å². The van der Waals surface area contributed by atoms with Crippen LogP contribution in [0.2, 0.25) is 0 Å². The quantitative estimate of drug-likeness (QED) is 0.663. The Balaban J connectivity index is 2.32. The molecular weight excluding hydrogens is 178 g/mol. The van der Waals surface area contributed by atoms with Gasteiger partial charge < -0.3 is 9.63 Å². The van der Waals surface area contributed by atoms with Gasteiger partial charge in [0.2, 0.25) is 0 Å². The third-order valence-electron chi connectivity index (χ3n) is 2.35. The number of carbonyl (C=O) groups is 1. The molecule has 0 aliphatic carbocycles. The van der Waals surface area contributed by atoms with Crippen LogP contribution in [-0.2, 0) is 9.63 Å². The Labute approximate surface area is 82.4 Å². The maximum Gasteiger partial charge on any atom is 0.139 e. The Morgan fingerprint density at radius 3 is 2.71 bits per heavy atom. The number of hydrogen-bond donors (Lipinski definition) is 0. The molecule has 0 bridgehead atoms. The van der Waals surface area contributed by atoms with Gasteiger partial charge in [-0.3, -0.25) is 0 Å². The van der Waals surface area contributed by atoms with Gasteiger partial charge in [0, 0.05) is 5.56 Å². The third kappa shape index (κ3) is 1.41. The van der Waals surface area contributed by atoms with Gasteiger partial charge >= 0.3 is 0 Å². The zero-order valence-electron chi connectivity index (χ0n) is 7.88. The van der Waals surface area contributed by atoms with E-state index in [-0.39, 0.29) is 12.0 Å². The van der Waals surface area contributed by atoms with Gasteiger partial charge in [-0.05, 0) is 6.92 Å². The van der Waals surface area contributed by atoms with Crippen molar-refractivity contribution in [2.24, 2.45) is 11.1 Å². The lowest BCUT2D eigenvalue weighted by Gasteiger charge is -2.07. The van der Waals surface area contributed by atoms with Gasteiger partial charge in [0.15, 0.2) is 0 Å². The van der Waals surface area contributed by atoms with E-state index in [0.29, 0.717) is 0 Å². The molecule has 0 amide bonds. The molecule has 72 valence electrons. The van der Waals surface area contributed by atoms with Crippen molar-refractivity contribution in [1.82, 2.24) is 0 Å². The lowest BCUT2D eigenvalue weighted by Crippen LogP contribution is -2.22. The number of carbonyl (C=O) groups excluding carboxylic acids is 1. The first-order valence-electron chi connectivity index (χ1n) is 4.57. The highest BCUT2D eigenvalue weighted by Crippen LogP contribution is 2.20. The second-order valence-corrected chi connectivity index (χ2v) is 3.31. The van der Waals surface area contributed by atoms with E-state index in [1.807, 2.05) is 37.3 Å². The summed E-state index contributed by atoms with van der Waals surface area (Å²) in [7, 11) is 0. The third-order valence-corrected chi connectivity index (χ3v) is 2.35. The van der Waals surface area contributed by atoms with Crippen molar-refractivity contribution in [3.8, 4) is 0 Å². The fourth-order valence-corrected chi connectivity index (χ4v) is 1.52. The number of aldehydes is 1. The zero-order chi connectivity index (χ0) is 9.97. The molecule has 1 aromatic carbocycles. The maximum atomic E-state index is 10.8. The van der Waals surface area contributed by atoms with Gasteiger partial charge in [-0.25, -0.2) is 0 Å². The molecule has 1 aromatic rings. The number of benzene rings is 1. The Hall–Kier alpha value is -1.64. The average Bonchev–Trinajstić information content (AvgIpc) is 2.61. The van der Waals surface area contributed by atoms with E-state index < -0.39 is 0 Å². The van der Waals surface area contributed by atoms with Crippen LogP contribution < -0.4 is 0 Å². The number of rotatable bonds is 2. The van der Waals surface area contributed by atoms with Crippen LogP contribution in [0, 0.1) is 5.92 Å². The summed E-state index contributed by atoms with van der Waals surface area (Å²) in [5.74, 6) is -0.239. The van der Waals surface area contributed by atoms with Crippen molar-refractivity contribution >= 4 is 12.0 Å². The van der Waals surface area contributed by atoms with E-state index in [1.54, 1.807) is 0 Å². The summed E-state index contributed by atoms with van der Waals surface area (Å²) < 4.78 is 0. The number of oxime groups is 1. The molecule has 1 aliphatic rings. The largest absolute Gasteiger partial charge is 0.391 e. The molecule has 2 atom stereocenters. The van der Waals surface area contributed by atoms with Gasteiger partial charge in [-0.2, -0.15) is 0 Å². The fourth-order valence-electron chi connectivity index (χ4n) is 1.52. The minimum atomic E-state index is -0.239. The summed E-state index contributed by atoms with van der Waals surface area (Å²) in [4.78, 5) is 15.9. The first-order valence-corrected chi connectivity index (χ1v) is 4.57. The molecule has 3 nitrogen and oxygen atoms in total. The van der Waals surface area contributed by atoms with Crippen molar-refractivity contribution in [3.05, 3.63) is 35.9 Å². The van der Waals surface area contributed by atoms with Gasteiger partial charge in [-0.15, -0.1) is 0 Å². The van der Waals surface area contributed by atoms with Crippen LogP contribution in [0.25, 0.3) is 0 Å². The minimum Gasteiger partial charge on any atom is -0.391 e. The van der Waals surface area contributed by atoms with Gasteiger partial charge in [0.25, 0.3) is 0 Å². The molecule has 1 heterocycles. The van der Waals surface area contributed by atoms with E-state index in [4.69, 9.17) is 4.84 Å². The number of hydrogen-bond acceptors (Lipinski definition) is 3. The molecule has 0 radical (unpaired) electrons. The van der Waals surface area contributed by atoms with Crippen molar-refractivity contribution < 1.29 is 9.63 Å². The standard InChI is InChI=1S/C11H11NO2/c1-8-10(7-13)11(12-14-8)9-5-3-2-4-6-9/h2-8,10H,1H3/t8-,10-/m0/s1. The molecule has 1 aliphatic heterocycles. The van der Waals surface area contributed by atoms with E-state index in [2.05, 4.69) is 5.16 Å². The molecule has 2 rings (SSSR count). The molecular formula is C11H11NO2. The summed E-state index contributed by atoms with van der Waals surface area (Å²) in [5.41, 5.74) is 1.68. The average molecular weight is 189 g/mol. The Bertz CT molecular complexity index is 359. The predicted molar refractivity (Wildman–Crippen MR) is 53.1 cm³/mol. The molecule has 0 N–H and O–H groups in total. The highest BCUT2D eigenvalue weighted by Gasteiger charge is 2.31. The van der Waals surface area contributed by atoms with E-state index in [1.165, 1.54) is 0 Å². The first kappa shape index (κ1) is 8.94. The monoisotopic (exact) mass is 189 g/mol. The molecule has 0 saturated heterocycles. The van der Waals surface area contributed by atoms with Crippen molar-refractivity contribution in [2.75, 3.05) is 0 Å². The molecule has 0 fully saturated rings. The second-order valence-electron chi connectivity index (χ2n) is 3.31. The lowest BCUT2D eigenvalue weighted by molar-refractivity contribution is -0.111. The Morgan fingerprint density at radius 1 is 1.36 bits per heavy atom. The first-order chi connectivity index (χ1) is 6.83. The summed E-state index contributed by atoms with van der Waals surface area (Å²) in [6.45, 7) is 1.85. The predicted octanol–water partition coefficient (Wildman–Crippen LogP) is 1.62. The van der Waals surface area contributed by atoms with Crippen LogP contribution >= 0.6 is 0 Å². The molecule has 0 spiro atoms. The van der Waals surface area contributed by atoms with Gasteiger partial charge in [0.05, 0.1) is 0 Å². The summed E-state index contributed by atoms with van der Waals surface area (Å²) >= 11 is 0. The normalized spacial score (nSPS) is 25.4. The van der Waals surface area contributed by atoms with Gasteiger partial charge in [0.1, 0.15) is 24.0 Å². The maximum absolute atomic E-state index is 10.8. The van der Waals surface area contributed by atoms with E-state index in [9.17, 15) is 4.79 Å². The second kappa shape index (κ2) is 3.62. The molecule has 0 unspecified atom stereocenters. The summed E-state index contributed by atoms with van der Waals surface area (Å²) in [5, 5.41) is 3.92. The lowest BCUT2D eigenvalue weighted by atomic mass is 9.95. The van der Waals surface area contributed by atoms with Crippen LogP contribution in [0.1, 0.15) is 12.5 Å². The van der Waals surface area contributed by atoms with Crippen molar-refractivity contribution in [3.63, 3.8) is 0 Å². The van der Waals surface area contributed by atoms with Crippen LogP contribution in [-0.4, -0.2) is 18.1 Å². The Morgan fingerprint density at radius 2 is 2.07 bits per heavy atom. The zero-order valence-corrected chi connectivity index (χ0v) is 7.88. The SMILES string of the molecule is C[C@@H]1ON=C(c2ccccc2)[C@H]1C=O. The molecule has 0 aromatic heterocycles. The van der Waals surface area contributed by atoms with Crippen LogP contribution in [0.3, 0.4) is 0 Å². The van der Waals surface area contributed by atoms with E-state index >= 15 is 0 Å². The molecule has 3 heteroatoms. The number of nitrogens with zero attached hydrogens (tertiary/aromatic N) is 1. The minimum absolute atomic E-state index is 0.150. The van der Waals surface area contributed by atoms with Crippen molar-refractivity contribution in [1.29, 1.82) is 0 Å². The highest BCUT2D eigenvalue weighted by molar-refractivity contribution is 6.09. The van der Waals surface area contributed by atoms with E-state index in [0.717, 1.165) is 17.6 Å². The van der Waals surface area contributed by atoms with Crippen LogP contribution in [0.5, 0.6) is 0 Å². The highest BCUT2D eigenvalue weighted by atomic mass is 16.6. The fraction of sp³-hybridized carbons (Fsp3) is 0.273. The summed E-state index contributed by atoms with van der Waals surface area (Å²) in [6.07, 6.45) is 0.742. The van der Waals surface area contributed by atoms with Crippen molar-refractivity contribution in [2.45, 2.75) is 13.0 Å². The topological polar surface area (TPSA) is 38.7 Å². The van der Waals surface area contributed by atoms with Crippen LogP contribution in [0.15, 0.2) is 35.5 Å². The Kier molecular flexibility index (Phi) is 2.31. The van der Waals surface area contributed by atoms with Crippen LogP contribution in [0.4, 0.5) is 0 Å².